The second kappa shape index (κ2) is 10.8. The van der Waals surface area contributed by atoms with E-state index in [4.69, 9.17) is 21.7 Å². The zero-order valence-electron chi connectivity index (χ0n) is 17.7. The Kier molecular flexibility index (Phi) is 8.46. The minimum absolute atomic E-state index is 0.0643. The van der Waals surface area contributed by atoms with E-state index in [0.29, 0.717) is 23.2 Å². The molecule has 0 radical (unpaired) electrons. The molecule has 0 spiro atoms. The number of thiocarbonyl (C=S) groups is 1. The lowest BCUT2D eigenvalue weighted by Gasteiger charge is -2.24. The van der Waals surface area contributed by atoms with Crippen LogP contribution >= 0.6 is 12.2 Å². The zero-order chi connectivity index (χ0) is 21.4. The first kappa shape index (κ1) is 22.7. The molecule has 6 heteroatoms. The van der Waals surface area contributed by atoms with E-state index < -0.39 is 0 Å². The maximum absolute atomic E-state index is 12.0. The van der Waals surface area contributed by atoms with Crippen molar-refractivity contribution in [3.8, 4) is 5.75 Å². The van der Waals surface area contributed by atoms with Crippen LogP contribution in [0.3, 0.4) is 0 Å². The number of anilines is 1. The number of esters is 1. The summed E-state index contributed by atoms with van der Waals surface area (Å²) in [6.07, 6.45) is 0.927. The summed E-state index contributed by atoms with van der Waals surface area (Å²) >= 11 is 5.57. The number of carbonyl (C=O) groups excluding carboxylic acids is 1. The topological polar surface area (TPSA) is 59.6 Å². The number of aryl methyl sites for hydroxylation is 1. The average molecular weight is 415 g/mol. The van der Waals surface area contributed by atoms with Gasteiger partial charge in [0.05, 0.1) is 25.3 Å². The van der Waals surface area contributed by atoms with Gasteiger partial charge in [0.2, 0.25) is 0 Å². The van der Waals surface area contributed by atoms with Gasteiger partial charge in [-0.05, 0) is 73.8 Å². The summed E-state index contributed by atoms with van der Waals surface area (Å²) < 4.78 is 10.3. The SMILES string of the molecule is CCOC(=O)c1ccc(C)c(NC(=S)N[C@@H](CC(C)C)c2ccc(OC)cc2)c1. The number of benzene rings is 2. The third-order valence-electron chi connectivity index (χ3n) is 4.53. The lowest BCUT2D eigenvalue weighted by molar-refractivity contribution is 0.0526. The van der Waals surface area contributed by atoms with Gasteiger partial charge < -0.3 is 20.1 Å². The second-order valence-electron chi connectivity index (χ2n) is 7.30. The number of hydrogen-bond donors (Lipinski definition) is 2. The molecule has 0 saturated carbocycles. The number of rotatable bonds is 8. The largest absolute Gasteiger partial charge is 0.497 e. The Hall–Kier alpha value is -2.60. The van der Waals surface area contributed by atoms with Crippen LogP contribution in [0.5, 0.6) is 5.75 Å². The zero-order valence-corrected chi connectivity index (χ0v) is 18.6. The van der Waals surface area contributed by atoms with Gasteiger partial charge in [-0.1, -0.05) is 32.0 Å². The number of methoxy groups -OCH3 is 1. The van der Waals surface area contributed by atoms with Gasteiger partial charge in [0.1, 0.15) is 5.75 Å². The predicted octanol–water partition coefficient (Wildman–Crippen LogP) is 5.25. The van der Waals surface area contributed by atoms with Crippen molar-refractivity contribution < 1.29 is 14.3 Å². The average Bonchev–Trinajstić information content (AvgIpc) is 2.69. The molecule has 0 fully saturated rings. The summed E-state index contributed by atoms with van der Waals surface area (Å²) in [7, 11) is 1.66. The monoisotopic (exact) mass is 414 g/mol. The molecule has 2 aromatic carbocycles. The Morgan fingerprint density at radius 3 is 2.41 bits per heavy atom. The number of hydrogen-bond acceptors (Lipinski definition) is 4. The smallest absolute Gasteiger partial charge is 0.338 e. The van der Waals surface area contributed by atoms with Gasteiger partial charge >= 0.3 is 5.97 Å². The van der Waals surface area contributed by atoms with Gasteiger partial charge in [-0.3, -0.25) is 0 Å². The highest BCUT2D eigenvalue weighted by molar-refractivity contribution is 7.80. The third kappa shape index (κ3) is 6.75. The van der Waals surface area contributed by atoms with Crippen LogP contribution in [-0.4, -0.2) is 24.8 Å². The van der Waals surface area contributed by atoms with Gasteiger partial charge in [0.25, 0.3) is 0 Å². The summed E-state index contributed by atoms with van der Waals surface area (Å²) in [4.78, 5) is 12.0. The maximum atomic E-state index is 12.0. The fourth-order valence-electron chi connectivity index (χ4n) is 3.00. The van der Waals surface area contributed by atoms with Gasteiger partial charge in [0, 0.05) is 5.69 Å². The standard InChI is InChI=1S/C23H30N2O3S/c1-6-28-22(26)18-8-7-16(4)20(14-18)24-23(29)25-21(13-15(2)3)17-9-11-19(27-5)12-10-17/h7-12,14-15,21H,6,13H2,1-5H3,(H2,24,25,29)/t21-/m0/s1. The quantitative estimate of drug-likeness (QED) is 0.454. The van der Waals surface area contributed by atoms with E-state index in [0.717, 1.165) is 29.0 Å². The predicted molar refractivity (Wildman–Crippen MR) is 122 cm³/mol. The number of carbonyl (C=O) groups is 1. The van der Waals surface area contributed by atoms with Gasteiger partial charge in [0.15, 0.2) is 5.11 Å². The Bertz CT molecular complexity index is 835. The van der Waals surface area contributed by atoms with Crippen LogP contribution in [0.2, 0.25) is 0 Å². The minimum Gasteiger partial charge on any atom is -0.497 e. The van der Waals surface area contributed by atoms with Crippen LogP contribution in [0.4, 0.5) is 5.69 Å². The molecule has 2 N–H and O–H groups in total. The van der Waals surface area contributed by atoms with Crippen LogP contribution < -0.4 is 15.4 Å². The first-order chi connectivity index (χ1) is 13.8. The van der Waals surface area contributed by atoms with Crippen LogP contribution in [-0.2, 0) is 4.74 Å². The minimum atomic E-state index is -0.342. The van der Waals surface area contributed by atoms with Crippen molar-refractivity contribution in [2.45, 2.75) is 40.2 Å². The van der Waals surface area contributed by atoms with Crippen LogP contribution in [0, 0.1) is 12.8 Å². The summed E-state index contributed by atoms with van der Waals surface area (Å²) in [5.41, 5.74) is 3.41. The number of nitrogens with one attached hydrogen (secondary N) is 2. The van der Waals surface area contributed by atoms with Crippen LogP contribution in [0.1, 0.15) is 54.7 Å². The Morgan fingerprint density at radius 1 is 1.14 bits per heavy atom. The molecule has 1 atom stereocenters. The highest BCUT2D eigenvalue weighted by Gasteiger charge is 2.16. The molecule has 29 heavy (non-hydrogen) atoms. The van der Waals surface area contributed by atoms with Gasteiger partial charge in [-0.15, -0.1) is 0 Å². The van der Waals surface area contributed by atoms with Crippen molar-refractivity contribution >= 4 is 29.0 Å². The van der Waals surface area contributed by atoms with Crippen LogP contribution in [0.15, 0.2) is 42.5 Å². The molecular weight excluding hydrogens is 384 g/mol. The molecule has 0 bridgehead atoms. The number of ether oxygens (including phenoxy) is 2. The Morgan fingerprint density at radius 2 is 1.83 bits per heavy atom. The van der Waals surface area contributed by atoms with Crippen LogP contribution in [0.25, 0.3) is 0 Å². The van der Waals surface area contributed by atoms with Crippen molar-refractivity contribution in [2.75, 3.05) is 19.0 Å². The molecule has 2 aromatic rings. The molecule has 2 rings (SSSR count). The third-order valence-corrected chi connectivity index (χ3v) is 4.75. The first-order valence-corrected chi connectivity index (χ1v) is 10.2. The summed E-state index contributed by atoms with van der Waals surface area (Å²) in [6.45, 7) is 8.46. The summed E-state index contributed by atoms with van der Waals surface area (Å²) in [5.74, 6) is 0.973. The summed E-state index contributed by atoms with van der Waals surface area (Å²) in [6, 6.07) is 13.5. The lowest BCUT2D eigenvalue weighted by atomic mass is 9.97. The van der Waals surface area contributed by atoms with Crippen molar-refractivity contribution in [1.82, 2.24) is 5.32 Å². The lowest BCUT2D eigenvalue weighted by Crippen LogP contribution is -2.33. The summed E-state index contributed by atoms with van der Waals surface area (Å²) in [5, 5.41) is 7.16. The Balaban J connectivity index is 2.15. The molecule has 0 heterocycles. The van der Waals surface area contributed by atoms with Gasteiger partial charge in [-0.25, -0.2) is 4.79 Å². The fraction of sp³-hybridized carbons (Fsp3) is 0.391. The van der Waals surface area contributed by atoms with Crippen molar-refractivity contribution in [2.24, 2.45) is 5.92 Å². The first-order valence-electron chi connectivity index (χ1n) is 9.83. The molecular formula is C23H30N2O3S. The van der Waals surface area contributed by atoms with E-state index >= 15 is 0 Å². The van der Waals surface area contributed by atoms with E-state index in [1.807, 2.05) is 37.3 Å². The molecule has 0 aliphatic carbocycles. The van der Waals surface area contributed by atoms with E-state index in [9.17, 15) is 4.79 Å². The van der Waals surface area contributed by atoms with Gasteiger partial charge in [-0.2, -0.15) is 0 Å². The maximum Gasteiger partial charge on any atom is 0.338 e. The normalized spacial score (nSPS) is 11.7. The molecule has 0 unspecified atom stereocenters. The molecule has 0 aliphatic heterocycles. The molecule has 5 nitrogen and oxygen atoms in total. The second-order valence-corrected chi connectivity index (χ2v) is 7.71. The van der Waals surface area contributed by atoms with E-state index in [1.165, 1.54) is 0 Å². The molecule has 0 aromatic heterocycles. The molecule has 0 saturated heterocycles. The Labute approximate surface area is 178 Å². The van der Waals surface area contributed by atoms with E-state index in [-0.39, 0.29) is 12.0 Å². The van der Waals surface area contributed by atoms with E-state index in [2.05, 4.69) is 24.5 Å². The highest BCUT2D eigenvalue weighted by Crippen LogP contribution is 2.24. The van der Waals surface area contributed by atoms with E-state index in [1.54, 1.807) is 26.2 Å². The van der Waals surface area contributed by atoms with Crippen molar-refractivity contribution in [1.29, 1.82) is 0 Å². The van der Waals surface area contributed by atoms with Crippen molar-refractivity contribution in [3.05, 3.63) is 59.2 Å². The van der Waals surface area contributed by atoms with Crippen molar-refractivity contribution in [3.63, 3.8) is 0 Å². The fourth-order valence-corrected chi connectivity index (χ4v) is 3.25. The molecule has 0 amide bonds. The highest BCUT2D eigenvalue weighted by atomic mass is 32.1. The molecule has 0 aliphatic rings. The molecule has 156 valence electrons.